The lowest BCUT2D eigenvalue weighted by Gasteiger charge is -1.93. The van der Waals surface area contributed by atoms with E-state index in [-0.39, 0.29) is 0 Å². The summed E-state index contributed by atoms with van der Waals surface area (Å²) in [4.78, 5) is 25.7. The van der Waals surface area contributed by atoms with Crippen molar-refractivity contribution in [1.82, 2.24) is 4.98 Å². The molecule has 6 heteroatoms. The Kier molecular flexibility index (Phi) is 3.15. The number of nitrogens with one attached hydrogen (secondary N) is 1. The minimum atomic E-state index is -1.16. The number of benzene rings is 1. The Labute approximate surface area is 100 Å². The van der Waals surface area contributed by atoms with Crippen LogP contribution in [0.1, 0.15) is 0 Å². The van der Waals surface area contributed by atoms with Gasteiger partial charge in [-0.05, 0) is 12.1 Å². The van der Waals surface area contributed by atoms with Gasteiger partial charge in [-0.2, -0.15) is 0 Å². The Morgan fingerprint density at radius 1 is 1.29 bits per heavy atom. The third-order valence-electron chi connectivity index (χ3n) is 1.90. The number of fused-ring (bicyclic) bond motifs is 1. The van der Waals surface area contributed by atoms with Crippen molar-refractivity contribution in [2.75, 3.05) is 5.32 Å². The van der Waals surface area contributed by atoms with E-state index < -0.39 is 11.9 Å². The number of rotatable bonds is 3. The van der Waals surface area contributed by atoms with Gasteiger partial charge in [0.25, 0.3) is 0 Å². The maximum Gasteiger partial charge on any atom is 0.328 e. The first-order valence-electron chi connectivity index (χ1n) is 4.73. The fourth-order valence-electron chi connectivity index (χ4n) is 1.22. The average Bonchev–Trinajstić information content (AvgIpc) is 2.68. The summed E-state index contributed by atoms with van der Waals surface area (Å²) in [6.07, 6.45) is 1.73. The highest BCUT2D eigenvalue weighted by Gasteiger charge is 2.05. The Morgan fingerprint density at radius 3 is 2.76 bits per heavy atom. The van der Waals surface area contributed by atoms with E-state index in [1.54, 1.807) is 0 Å². The molecule has 0 saturated heterocycles. The van der Waals surface area contributed by atoms with Crippen molar-refractivity contribution in [3.05, 3.63) is 36.4 Å². The van der Waals surface area contributed by atoms with Gasteiger partial charge in [-0.25, -0.2) is 9.78 Å². The lowest BCUT2D eigenvalue weighted by molar-refractivity contribution is -0.131. The summed E-state index contributed by atoms with van der Waals surface area (Å²) >= 11 is 1.34. The van der Waals surface area contributed by atoms with E-state index in [1.165, 1.54) is 11.3 Å². The van der Waals surface area contributed by atoms with Crippen LogP contribution in [0.4, 0.5) is 5.13 Å². The average molecular weight is 248 g/mol. The van der Waals surface area contributed by atoms with Crippen LogP contribution in [0.15, 0.2) is 36.4 Å². The van der Waals surface area contributed by atoms with Gasteiger partial charge in [0.1, 0.15) is 0 Å². The topological polar surface area (TPSA) is 79.3 Å². The molecule has 0 aliphatic heterocycles. The van der Waals surface area contributed by atoms with Gasteiger partial charge in [0.05, 0.1) is 10.2 Å². The number of thiazole rings is 1. The van der Waals surface area contributed by atoms with Crippen molar-refractivity contribution in [2.24, 2.45) is 0 Å². The van der Waals surface area contributed by atoms with Gasteiger partial charge in [-0.1, -0.05) is 23.5 Å². The molecule has 2 aromatic rings. The smallest absolute Gasteiger partial charge is 0.328 e. The zero-order chi connectivity index (χ0) is 12.3. The highest BCUT2D eigenvalue weighted by molar-refractivity contribution is 7.22. The van der Waals surface area contributed by atoms with Gasteiger partial charge in [0, 0.05) is 12.2 Å². The van der Waals surface area contributed by atoms with Crippen molar-refractivity contribution in [1.29, 1.82) is 0 Å². The second-order valence-electron chi connectivity index (χ2n) is 3.15. The number of anilines is 1. The number of carboxylic acids is 1. The van der Waals surface area contributed by atoms with Crippen LogP contribution in [-0.4, -0.2) is 22.0 Å². The van der Waals surface area contributed by atoms with E-state index >= 15 is 0 Å². The first-order chi connectivity index (χ1) is 8.15. The number of hydrogen-bond acceptors (Lipinski definition) is 4. The number of amides is 1. The number of para-hydroxylation sites is 1. The van der Waals surface area contributed by atoms with Crippen LogP contribution in [0.25, 0.3) is 10.2 Å². The lowest BCUT2D eigenvalue weighted by Crippen LogP contribution is -2.08. The first-order valence-corrected chi connectivity index (χ1v) is 5.54. The van der Waals surface area contributed by atoms with Gasteiger partial charge in [0.15, 0.2) is 5.13 Å². The molecule has 1 heterocycles. The number of carbonyl (C=O) groups excluding carboxylic acids is 1. The second kappa shape index (κ2) is 4.75. The van der Waals surface area contributed by atoms with E-state index in [1.807, 2.05) is 24.3 Å². The van der Waals surface area contributed by atoms with Gasteiger partial charge >= 0.3 is 5.97 Å². The van der Waals surface area contributed by atoms with Crippen LogP contribution in [-0.2, 0) is 9.59 Å². The summed E-state index contributed by atoms with van der Waals surface area (Å²) in [6, 6.07) is 7.48. The highest BCUT2D eigenvalue weighted by atomic mass is 32.1. The van der Waals surface area contributed by atoms with Crippen molar-refractivity contribution >= 4 is 38.6 Å². The summed E-state index contributed by atoms with van der Waals surface area (Å²) in [5.41, 5.74) is 0.801. The lowest BCUT2D eigenvalue weighted by atomic mass is 10.3. The second-order valence-corrected chi connectivity index (χ2v) is 4.18. The molecule has 1 amide bonds. The largest absolute Gasteiger partial charge is 0.478 e. The molecule has 86 valence electrons. The molecule has 2 rings (SSSR count). The third-order valence-corrected chi connectivity index (χ3v) is 2.85. The van der Waals surface area contributed by atoms with E-state index in [0.29, 0.717) is 5.13 Å². The molecule has 0 unspecified atom stereocenters. The molecular weight excluding hydrogens is 240 g/mol. The van der Waals surface area contributed by atoms with Crippen LogP contribution in [0.3, 0.4) is 0 Å². The Morgan fingerprint density at radius 2 is 2.06 bits per heavy atom. The number of aromatic nitrogens is 1. The Bertz CT molecular complexity index is 571. The number of carboxylic acid groups (broad SMARTS) is 1. The molecule has 5 nitrogen and oxygen atoms in total. The predicted molar refractivity (Wildman–Crippen MR) is 65.0 cm³/mol. The molecule has 1 aromatic carbocycles. The van der Waals surface area contributed by atoms with E-state index in [2.05, 4.69) is 10.3 Å². The fourth-order valence-corrected chi connectivity index (χ4v) is 2.09. The molecule has 0 fully saturated rings. The van der Waals surface area contributed by atoms with Gasteiger partial charge in [-0.15, -0.1) is 0 Å². The number of aliphatic carboxylic acids is 1. The van der Waals surface area contributed by atoms with Crippen LogP contribution in [0, 0.1) is 0 Å². The number of carbonyl (C=O) groups is 2. The third kappa shape index (κ3) is 2.88. The van der Waals surface area contributed by atoms with Crippen molar-refractivity contribution in [3.8, 4) is 0 Å². The SMILES string of the molecule is O=C(O)/C=C/C(=O)Nc1nc2ccccc2s1. The zero-order valence-corrected chi connectivity index (χ0v) is 9.40. The molecule has 1 aromatic heterocycles. The fraction of sp³-hybridized carbons (Fsp3) is 0. The maximum absolute atomic E-state index is 11.3. The van der Waals surface area contributed by atoms with Crippen molar-refractivity contribution in [2.45, 2.75) is 0 Å². The Hall–Kier alpha value is -2.21. The quantitative estimate of drug-likeness (QED) is 0.813. The zero-order valence-electron chi connectivity index (χ0n) is 8.58. The summed E-state index contributed by atoms with van der Waals surface area (Å²) in [5, 5.41) is 11.3. The molecule has 0 radical (unpaired) electrons. The van der Waals surface area contributed by atoms with Crippen molar-refractivity contribution < 1.29 is 14.7 Å². The monoisotopic (exact) mass is 248 g/mol. The number of nitrogens with zero attached hydrogens (tertiary/aromatic N) is 1. The van der Waals surface area contributed by atoms with E-state index in [4.69, 9.17) is 5.11 Å². The predicted octanol–water partition coefficient (Wildman–Crippen LogP) is 1.88. The maximum atomic E-state index is 11.3. The molecule has 0 aliphatic carbocycles. The molecule has 17 heavy (non-hydrogen) atoms. The van der Waals surface area contributed by atoms with Crippen molar-refractivity contribution in [3.63, 3.8) is 0 Å². The minimum absolute atomic E-state index is 0.450. The van der Waals surface area contributed by atoms with Gasteiger partial charge < -0.3 is 5.11 Å². The standard InChI is InChI=1S/C11H8N2O3S/c14-9(5-6-10(15)16)13-11-12-7-3-1-2-4-8(7)17-11/h1-6H,(H,15,16)(H,12,13,14)/b6-5+. The van der Waals surface area contributed by atoms with Crippen LogP contribution in [0.2, 0.25) is 0 Å². The van der Waals surface area contributed by atoms with Crippen LogP contribution in [0.5, 0.6) is 0 Å². The summed E-state index contributed by atoms with van der Waals surface area (Å²) < 4.78 is 0.963. The minimum Gasteiger partial charge on any atom is -0.478 e. The molecular formula is C11H8N2O3S. The van der Waals surface area contributed by atoms with Gasteiger partial charge in [0.2, 0.25) is 5.91 Å². The molecule has 0 spiro atoms. The van der Waals surface area contributed by atoms with Gasteiger partial charge in [-0.3, -0.25) is 10.1 Å². The first kappa shape index (κ1) is 11.3. The summed E-state index contributed by atoms with van der Waals surface area (Å²) in [7, 11) is 0. The van der Waals surface area contributed by atoms with Crippen LogP contribution >= 0.6 is 11.3 Å². The molecule has 0 aliphatic rings. The van der Waals surface area contributed by atoms with E-state index in [0.717, 1.165) is 22.4 Å². The highest BCUT2D eigenvalue weighted by Crippen LogP contribution is 2.25. The molecule has 0 bridgehead atoms. The molecule has 0 saturated carbocycles. The molecule has 0 atom stereocenters. The number of hydrogen-bond donors (Lipinski definition) is 2. The van der Waals surface area contributed by atoms with Crippen LogP contribution < -0.4 is 5.32 Å². The normalized spacial score (nSPS) is 10.8. The van der Waals surface area contributed by atoms with E-state index in [9.17, 15) is 9.59 Å². The Balaban J connectivity index is 2.13. The summed E-state index contributed by atoms with van der Waals surface area (Å²) in [5.74, 6) is -1.67. The summed E-state index contributed by atoms with van der Waals surface area (Å²) in [6.45, 7) is 0. The molecule has 2 N–H and O–H groups in total.